The third-order valence-electron chi connectivity index (χ3n) is 4.13. The second-order valence-electron chi connectivity index (χ2n) is 5.58. The fraction of sp³-hybridized carbons (Fsp3) is 0.400. The molecule has 0 saturated carbocycles. The van der Waals surface area contributed by atoms with E-state index in [2.05, 4.69) is 16.0 Å². The molecule has 4 rings (SSSR count). The Kier molecular flexibility index (Phi) is 2.92. The smallest absolute Gasteiger partial charge is 0.305 e. The molecular formula is C15H15N3O2S. The summed E-state index contributed by atoms with van der Waals surface area (Å²) in [6.07, 6.45) is 6.92. The van der Waals surface area contributed by atoms with Crippen LogP contribution in [0.15, 0.2) is 15.7 Å². The number of nitrogens with zero attached hydrogens (tertiary/aromatic N) is 1. The van der Waals surface area contributed by atoms with Crippen LogP contribution in [0.2, 0.25) is 0 Å². The molecular weight excluding hydrogens is 286 g/mol. The van der Waals surface area contributed by atoms with Crippen LogP contribution in [0.5, 0.6) is 0 Å². The van der Waals surface area contributed by atoms with E-state index < -0.39 is 5.69 Å². The molecule has 6 heteroatoms. The van der Waals surface area contributed by atoms with Gasteiger partial charge in [-0.15, -0.1) is 11.3 Å². The lowest BCUT2D eigenvalue weighted by molar-refractivity contribution is 0.610. The zero-order valence-corrected chi connectivity index (χ0v) is 12.3. The molecule has 21 heavy (non-hydrogen) atoms. The normalized spacial score (nSPS) is 15.8. The SMILES string of the molecule is O=c1[nH]c(=O)c2sc3nc4c(cc3c2[nH]1)CCCCCC4. The van der Waals surface area contributed by atoms with Crippen LogP contribution in [-0.2, 0) is 12.8 Å². The maximum atomic E-state index is 11.9. The third-order valence-corrected chi connectivity index (χ3v) is 5.23. The molecule has 0 spiro atoms. The molecule has 3 heterocycles. The van der Waals surface area contributed by atoms with E-state index in [0.29, 0.717) is 10.2 Å². The zero-order valence-electron chi connectivity index (χ0n) is 11.5. The number of H-pyrrole nitrogens is 2. The van der Waals surface area contributed by atoms with E-state index in [1.165, 1.54) is 42.6 Å². The standard InChI is InChI=1S/C15H15N3O2S/c19-13-12-11(17-15(20)18-13)9-7-8-5-3-1-2-4-6-10(8)16-14(9)21-12/h7H,1-6H2,(H2,17,18,19,20). The maximum Gasteiger partial charge on any atom is 0.326 e. The number of aromatic amines is 2. The first-order chi connectivity index (χ1) is 10.2. The summed E-state index contributed by atoms with van der Waals surface area (Å²) in [4.78, 5) is 34.1. The molecule has 0 saturated heterocycles. The van der Waals surface area contributed by atoms with E-state index in [1.54, 1.807) is 0 Å². The Labute approximate surface area is 124 Å². The van der Waals surface area contributed by atoms with Crippen LogP contribution >= 0.6 is 11.3 Å². The topological polar surface area (TPSA) is 78.6 Å². The highest BCUT2D eigenvalue weighted by Crippen LogP contribution is 2.31. The summed E-state index contributed by atoms with van der Waals surface area (Å²) < 4.78 is 0.551. The lowest BCUT2D eigenvalue weighted by Crippen LogP contribution is -2.20. The number of aromatic nitrogens is 3. The maximum absolute atomic E-state index is 11.9. The first kappa shape index (κ1) is 12.8. The van der Waals surface area contributed by atoms with Crippen molar-refractivity contribution in [2.24, 2.45) is 0 Å². The largest absolute Gasteiger partial charge is 0.326 e. The van der Waals surface area contributed by atoms with Crippen molar-refractivity contribution in [3.8, 4) is 0 Å². The molecule has 3 aromatic heterocycles. The minimum atomic E-state index is -0.459. The van der Waals surface area contributed by atoms with Crippen LogP contribution < -0.4 is 11.2 Å². The summed E-state index contributed by atoms with van der Waals surface area (Å²) >= 11 is 1.36. The molecule has 0 bridgehead atoms. The minimum absolute atomic E-state index is 0.329. The molecule has 108 valence electrons. The van der Waals surface area contributed by atoms with Gasteiger partial charge >= 0.3 is 5.69 Å². The number of fused-ring (bicyclic) bond motifs is 4. The summed E-state index contributed by atoms with van der Waals surface area (Å²) in [5, 5.41) is 0.900. The summed E-state index contributed by atoms with van der Waals surface area (Å²) in [7, 11) is 0. The quantitative estimate of drug-likeness (QED) is 0.669. The second-order valence-corrected chi connectivity index (χ2v) is 6.57. The van der Waals surface area contributed by atoms with Gasteiger partial charge < -0.3 is 4.98 Å². The molecule has 0 aliphatic heterocycles. The average Bonchev–Trinajstić information content (AvgIpc) is 2.77. The summed E-state index contributed by atoms with van der Waals surface area (Å²) in [5.74, 6) is 0. The van der Waals surface area contributed by atoms with Gasteiger partial charge in [0.05, 0.1) is 5.52 Å². The second kappa shape index (κ2) is 4.80. The molecule has 5 nitrogen and oxygen atoms in total. The van der Waals surface area contributed by atoms with Crippen LogP contribution in [0.3, 0.4) is 0 Å². The fourth-order valence-electron chi connectivity index (χ4n) is 3.08. The van der Waals surface area contributed by atoms with Crippen LogP contribution in [-0.4, -0.2) is 15.0 Å². The van der Waals surface area contributed by atoms with Crippen molar-refractivity contribution in [1.82, 2.24) is 15.0 Å². The van der Waals surface area contributed by atoms with Crippen molar-refractivity contribution < 1.29 is 0 Å². The Bertz CT molecular complexity index is 951. The third kappa shape index (κ3) is 2.10. The van der Waals surface area contributed by atoms with E-state index in [1.807, 2.05) is 0 Å². The number of nitrogens with one attached hydrogen (secondary N) is 2. The molecule has 0 unspecified atom stereocenters. The van der Waals surface area contributed by atoms with Gasteiger partial charge in [0.1, 0.15) is 9.53 Å². The molecule has 0 fully saturated rings. The Morgan fingerprint density at radius 1 is 1.05 bits per heavy atom. The van der Waals surface area contributed by atoms with Crippen LogP contribution in [0.1, 0.15) is 36.9 Å². The molecule has 1 aliphatic carbocycles. The van der Waals surface area contributed by atoms with Crippen LogP contribution in [0.25, 0.3) is 20.4 Å². The number of hydrogen-bond acceptors (Lipinski definition) is 4. The Balaban J connectivity index is 2.05. The molecule has 1 aliphatic rings. The van der Waals surface area contributed by atoms with Gasteiger partial charge in [-0.25, -0.2) is 9.78 Å². The van der Waals surface area contributed by atoms with Gasteiger partial charge in [0.2, 0.25) is 0 Å². The predicted molar refractivity (Wildman–Crippen MR) is 84.2 cm³/mol. The van der Waals surface area contributed by atoms with Gasteiger partial charge in [-0.05, 0) is 37.3 Å². The highest BCUT2D eigenvalue weighted by atomic mass is 32.1. The highest BCUT2D eigenvalue weighted by molar-refractivity contribution is 7.25. The van der Waals surface area contributed by atoms with E-state index in [4.69, 9.17) is 4.98 Å². The number of pyridine rings is 1. The monoisotopic (exact) mass is 301 g/mol. The number of rotatable bonds is 0. The van der Waals surface area contributed by atoms with Gasteiger partial charge in [-0.3, -0.25) is 9.78 Å². The predicted octanol–water partition coefficient (Wildman–Crippen LogP) is 2.49. The zero-order chi connectivity index (χ0) is 14.4. The molecule has 2 N–H and O–H groups in total. The van der Waals surface area contributed by atoms with Gasteiger partial charge in [0.25, 0.3) is 5.56 Å². The Morgan fingerprint density at radius 3 is 2.71 bits per heavy atom. The molecule has 0 radical (unpaired) electrons. The number of aryl methyl sites for hydroxylation is 2. The van der Waals surface area contributed by atoms with Gasteiger partial charge in [0.15, 0.2) is 0 Å². The summed E-state index contributed by atoms with van der Waals surface area (Å²) in [6, 6.07) is 2.12. The van der Waals surface area contributed by atoms with Gasteiger partial charge in [-0.2, -0.15) is 0 Å². The van der Waals surface area contributed by atoms with Crippen molar-refractivity contribution in [2.45, 2.75) is 38.5 Å². The Morgan fingerprint density at radius 2 is 1.86 bits per heavy atom. The first-order valence-electron chi connectivity index (χ1n) is 7.30. The van der Waals surface area contributed by atoms with E-state index in [0.717, 1.165) is 28.8 Å². The lowest BCUT2D eigenvalue weighted by Gasteiger charge is -2.12. The number of thiophene rings is 1. The molecule has 0 atom stereocenters. The molecule has 0 amide bonds. The van der Waals surface area contributed by atoms with Crippen molar-refractivity contribution in [2.75, 3.05) is 0 Å². The highest BCUT2D eigenvalue weighted by Gasteiger charge is 2.15. The van der Waals surface area contributed by atoms with Crippen LogP contribution in [0.4, 0.5) is 0 Å². The number of hydrogen-bond donors (Lipinski definition) is 2. The van der Waals surface area contributed by atoms with E-state index in [-0.39, 0.29) is 5.56 Å². The molecule has 3 aromatic rings. The summed E-state index contributed by atoms with van der Waals surface area (Å²) in [5.41, 5.74) is 2.26. The first-order valence-corrected chi connectivity index (χ1v) is 8.11. The minimum Gasteiger partial charge on any atom is -0.305 e. The lowest BCUT2D eigenvalue weighted by atomic mass is 9.96. The van der Waals surface area contributed by atoms with E-state index in [9.17, 15) is 9.59 Å². The van der Waals surface area contributed by atoms with Crippen molar-refractivity contribution >= 4 is 31.8 Å². The summed E-state index contributed by atoms with van der Waals surface area (Å²) in [6.45, 7) is 0. The van der Waals surface area contributed by atoms with Crippen molar-refractivity contribution in [3.63, 3.8) is 0 Å². The van der Waals surface area contributed by atoms with Crippen LogP contribution in [0, 0.1) is 0 Å². The van der Waals surface area contributed by atoms with Crippen molar-refractivity contribution in [3.05, 3.63) is 38.2 Å². The Hall–Kier alpha value is -1.95. The molecule has 0 aromatic carbocycles. The van der Waals surface area contributed by atoms with Gasteiger partial charge in [0, 0.05) is 11.1 Å². The average molecular weight is 301 g/mol. The fourth-order valence-corrected chi connectivity index (χ4v) is 4.11. The van der Waals surface area contributed by atoms with Crippen molar-refractivity contribution in [1.29, 1.82) is 0 Å². The van der Waals surface area contributed by atoms with E-state index >= 15 is 0 Å². The van der Waals surface area contributed by atoms with Gasteiger partial charge in [-0.1, -0.05) is 12.8 Å².